The minimum absolute atomic E-state index is 0.231. The molecule has 3 rings (SSSR count). The minimum atomic E-state index is -0.545. The molecular formula is C13H16N6OS. The number of rotatable bonds is 5. The zero-order valence-corrected chi connectivity index (χ0v) is 12.6. The van der Waals surface area contributed by atoms with Crippen LogP contribution in [0.15, 0.2) is 23.8 Å². The molecule has 3 aromatic heterocycles. The first-order chi connectivity index (χ1) is 10.1. The number of nitrogens with one attached hydrogen (secondary N) is 1. The van der Waals surface area contributed by atoms with Gasteiger partial charge in [-0.2, -0.15) is 10.1 Å². The molecule has 21 heavy (non-hydrogen) atoms. The first-order valence-corrected chi connectivity index (χ1v) is 7.48. The number of hydrogen-bond donors (Lipinski definition) is 2. The topological polar surface area (TPSA) is 90.2 Å². The van der Waals surface area contributed by atoms with Gasteiger partial charge in [-0.3, -0.25) is 9.20 Å². The summed E-state index contributed by atoms with van der Waals surface area (Å²) >= 11 is 1.56. The highest BCUT2D eigenvalue weighted by molar-refractivity contribution is 7.15. The fraction of sp³-hybridized carbons (Fsp3) is 0.308. The van der Waals surface area contributed by atoms with Gasteiger partial charge in [0.05, 0.1) is 5.69 Å². The lowest BCUT2D eigenvalue weighted by Crippen LogP contribution is -2.23. The van der Waals surface area contributed by atoms with Crippen LogP contribution in [0.4, 0.5) is 0 Å². The second-order valence-corrected chi connectivity index (χ2v) is 5.86. The Kier molecular flexibility index (Phi) is 3.48. The number of carbonyl (C=O) groups excluding carboxylic acids is 1. The predicted molar refractivity (Wildman–Crippen MR) is 80.7 cm³/mol. The fourth-order valence-corrected chi connectivity index (χ4v) is 2.77. The standard InChI is InChI=1S/C13H16N6OS/c1-8(2)15-7-10-12(16-13-18(10)5-6-21-13)19-4-3-9(17-19)11(14)20/h3-6,8,15H,7H2,1-2H3,(H2,14,20). The Balaban J connectivity index is 2.05. The number of primary amides is 1. The maximum Gasteiger partial charge on any atom is 0.269 e. The van der Waals surface area contributed by atoms with Crippen LogP contribution in [0.2, 0.25) is 0 Å². The maximum absolute atomic E-state index is 11.2. The van der Waals surface area contributed by atoms with Crippen LogP contribution in [0.25, 0.3) is 10.8 Å². The molecule has 0 aliphatic heterocycles. The summed E-state index contributed by atoms with van der Waals surface area (Å²) in [5.41, 5.74) is 6.48. The van der Waals surface area contributed by atoms with Crippen molar-refractivity contribution in [1.82, 2.24) is 24.5 Å². The molecule has 0 bridgehead atoms. The monoisotopic (exact) mass is 304 g/mol. The third-order valence-electron chi connectivity index (χ3n) is 3.08. The largest absolute Gasteiger partial charge is 0.364 e. The van der Waals surface area contributed by atoms with Crippen molar-refractivity contribution in [3.05, 3.63) is 35.2 Å². The summed E-state index contributed by atoms with van der Waals surface area (Å²) in [6.45, 7) is 4.84. The smallest absolute Gasteiger partial charge is 0.269 e. The Bertz CT molecular complexity index is 784. The number of aromatic nitrogens is 4. The number of fused-ring (bicyclic) bond motifs is 1. The zero-order chi connectivity index (χ0) is 15.0. The third-order valence-corrected chi connectivity index (χ3v) is 3.83. The van der Waals surface area contributed by atoms with Crippen molar-refractivity contribution in [2.75, 3.05) is 0 Å². The molecule has 0 saturated heterocycles. The van der Waals surface area contributed by atoms with E-state index in [9.17, 15) is 4.79 Å². The Labute approximate surface area is 125 Å². The van der Waals surface area contributed by atoms with Gasteiger partial charge in [0.2, 0.25) is 0 Å². The first kappa shape index (κ1) is 13.8. The van der Waals surface area contributed by atoms with Crippen LogP contribution in [-0.4, -0.2) is 31.1 Å². The van der Waals surface area contributed by atoms with E-state index in [-0.39, 0.29) is 5.69 Å². The van der Waals surface area contributed by atoms with Gasteiger partial charge in [0.15, 0.2) is 10.8 Å². The molecule has 0 atom stereocenters. The minimum Gasteiger partial charge on any atom is -0.364 e. The van der Waals surface area contributed by atoms with E-state index in [0.29, 0.717) is 18.4 Å². The summed E-state index contributed by atoms with van der Waals surface area (Å²) in [6, 6.07) is 1.95. The Hall–Kier alpha value is -2.19. The Morgan fingerprint density at radius 1 is 1.48 bits per heavy atom. The van der Waals surface area contributed by atoms with E-state index in [2.05, 4.69) is 29.2 Å². The van der Waals surface area contributed by atoms with Crippen molar-refractivity contribution in [1.29, 1.82) is 0 Å². The van der Waals surface area contributed by atoms with E-state index in [0.717, 1.165) is 10.7 Å². The summed E-state index contributed by atoms with van der Waals surface area (Å²) in [5, 5.41) is 9.56. The van der Waals surface area contributed by atoms with Gasteiger partial charge in [-0.15, -0.1) is 11.3 Å². The van der Waals surface area contributed by atoms with Crippen LogP contribution in [0.5, 0.6) is 0 Å². The second kappa shape index (κ2) is 5.30. The molecule has 3 N–H and O–H groups in total. The summed E-state index contributed by atoms with van der Waals surface area (Å²) in [6.07, 6.45) is 3.68. The molecule has 0 aromatic carbocycles. The molecule has 0 aliphatic carbocycles. The number of imidazole rings is 1. The molecule has 0 spiro atoms. The number of carbonyl (C=O) groups is 1. The average molecular weight is 304 g/mol. The number of hydrogen-bond acceptors (Lipinski definition) is 5. The lowest BCUT2D eigenvalue weighted by molar-refractivity contribution is 0.0995. The van der Waals surface area contributed by atoms with Crippen LogP contribution >= 0.6 is 11.3 Å². The molecule has 1 amide bonds. The second-order valence-electron chi connectivity index (χ2n) is 4.98. The molecule has 110 valence electrons. The summed E-state index contributed by atoms with van der Waals surface area (Å²) < 4.78 is 3.62. The van der Waals surface area contributed by atoms with Gasteiger partial charge in [-0.1, -0.05) is 13.8 Å². The summed E-state index contributed by atoms with van der Waals surface area (Å²) in [4.78, 5) is 16.7. The van der Waals surface area contributed by atoms with Gasteiger partial charge in [-0.05, 0) is 6.07 Å². The van der Waals surface area contributed by atoms with E-state index >= 15 is 0 Å². The highest BCUT2D eigenvalue weighted by Gasteiger charge is 2.16. The summed E-state index contributed by atoms with van der Waals surface area (Å²) in [7, 11) is 0. The van der Waals surface area contributed by atoms with Crippen LogP contribution in [-0.2, 0) is 6.54 Å². The van der Waals surface area contributed by atoms with Gasteiger partial charge in [-0.25, -0.2) is 4.68 Å². The van der Waals surface area contributed by atoms with Crippen LogP contribution in [0.3, 0.4) is 0 Å². The van der Waals surface area contributed by atoms with Crippen molar-refractivity contribution < 1.29 is 4.79 Å². The van der Waals surface area contributed by atoms with Crippen molar-refractivity contribution in [3.63, 3.8) is 0 Å². The van der Waals surface area contributed by atoms with Gasteiger partial charge < -0.3 is 11.1 Å². The van der Waals surface area contributed by atoms with Crippen LogP contribution < -0.4 is 11.1 Å². The Morgan fingerprint density at radius 3 is 2.95 bits per heavy atom. The molecule has 7 nitrogen and oxygen atoms in total. The van der Waals surface area contributed by atoms with E-state index < -0.39 is 5.91 Å². The number of thiazole rings is 1. The van der Waals surface area contributed by atoms with Crippen molar-refractivity contribution in [2.45, 2.75) is 26.4 Å². The fourth-order valence-electron chi connectivity index (χ4n) is 2.04. The van der Waals surface area contributed by atoms with Crippen molar-refractivity contribution >= 4 is 22.2 Å². The quantitative estimate of drug-likeness (QED) is 0.740. The molecule has 0 radical (unpaired) electrons. The van der Waals surface area contributed by atoms with E-state index in [1.807, 2.05) is 16.0 Å². The lowest BCUT2D eigenvalue weighted by Gasteiger charge is -2.09. The van der Waals surface area contributed by atoms with E-state index in [1.54, 1.807) is 28.3 Å². The summed E-state index contributed by atoms with van der Waals surface area (Å²) in [5.74, 6) is 0.166. The van der Waals surface area contributed by atoms with Gasteiger partial charge in [0.25, 0.3) is 5.91 Å². The zero-order valence-electron chi connectivity index (χ0n) is 11.8. The van der Waals surface area contributed by atoms with Gasteiger partial charge in [0, 0.05) is 30.4 Å². The Morgan fingerprint density at radius 2 is 2.29 bits per heavy atom. The molecule has 0 fully saturated rings. The highest BCUT2D eigenvalue weighted by atomic mass is 32.1. The number of nitrogens with zero attached hydrogens (tertiary/aromatic N) is 4. The molecule has 3 heterocycles. The molecule has 8 heteroatoms. The molecule has 0 unspecified atom stereocenters. The van der Waals surface area contributed by atoms with Crippen molar-refractivity contribution in [2.24, 2.45) is 5.73 Å². The third kappa shape index (κ3) is 2.55. The highest BCUT2D eigenvalue weighted by Crippen LogP contribution is 2.20. The molecule has 0 aliphatic rings. The normalized spacial score (nSPS) is 11.6. The van der Waals surface area contributed by atoms with E-state index in [4.69, 9.17) is 5.73 Å². The molecule has 3 aromatic rings. The number of nitrogens with two attached hydrogens (primary N) is 1. The average Bonchev–Trinajstić information content (AvgIpc) is 3.11. The lowest BCUT2D eigenvalue weighted by atomic mass is 10.3. The van der Waals surface area contributed by atoms with Crippen LogP contribution in [0.1, 0.15) is 30.0 Å². The van der Waals surface area contributed by atoms with Gasteiger partial charge >= 0.3 is 0 Å². The maximum atomic E-state index is 11.2. The number of amides is 1. The van der Waals surface area contributed by atoms with Crippen LogP contribution in [0, 0.1) is 0 Å². The predicted octanol–water partition coefficient (Wildman–Crippen LogP) is 1.18. The SMILES string of the molecule is CC(C)NCc1c(-n2ccc(C(N)=O)n2)nc2sccn12. The van der Waals surface area contributed by atoms with Gasteiger partial charge in [0.1, 0.15) is 5.69 Å². The molecular weight excluding hydrogens is 288 g/mol. The first-order valence-electron chi connectivity index (χ1n) is 6.60. The molecule has 0 saturated carbocycles. The van der Waals surface area contributed by atoms with E-state index in [1.165, 1.54) is 0 Å². The van der Waals surface area contributed by atoms with Crippen molar-refractivity contribution in [3.8, 4) is 5.82 Å².